The van der Waals surface area contributed by atoms with Gasteiger partial charge < -0.3 is 9.47 Å². The minimum atomic E-state index is -0.602. The quantitative estimate of drug-likeness (QED) is 0.592. The van der Waals surface area contributed by atoms with Crippen molar-refractivity contribution in [3.8, 4) is 11.1 Å². The van der Waals surface area contributed by atoms with Gasteiger partial charge in [-0.05, 0) is 49.3 Å². The molecule has 0 N–H and O–H groups in total. The highest BCUT2D eigenvalue weighted by atomic mass is 16.6. The standard InChI is InChI=1S/C28H29NO4/c1-18-25(28(31)33-17-22-9-6-16-32-22)26(27-23(29-18)10-5-11-24(27)30)21-14-12-20(13-15-21)19-7-3-2-4-8-19/h2-4,7-8,12-15,22,25-26H,5-6,9-11,16-17H2,1H3/t22-,25?,26+/m1/s1. The normalized spacial score (nSPS) is 24.9. The number of Topliss-reactive ketones (excluding diaryl/α,β-unsaturated/α-hetero) is 1. The van der Waals surface area contributed by atoms with E-state index in [-0.39, 0.29) is 30.4 Å². The molecule has 5 rings (SSSR count). The molecule has 5 nitrogen and oxygen atoms in total. The molecule has 1 unspecified atom stereocenters. The summed E-state index contributed by atoms with van der Waals surface area (Å²) in [5.74, 6) is -1.20. The average Bonchev–Trinajstić information content (AvgIpc) is 3.36. The van der Waals surface area contributed by atoms with Crippen LogP contribution in [-0.2, 0) is 19.1 Å². The largest absolute Gasteiger partial charge is 0.462 e. The number of rotatable bonds is 5. The van der Waals surface area contributed by atoms with E-state index in [9.17, 15) is 9.59 Å². The molecule has 2 heterocycles. The lowest BCUT2D eigenvalue weighted by Crippen LogP contribution is -2.38. The summed E-state index contributed by atoms with van der Waals surface area (Å²) in [6.07, 6.45) is 3.95. The number of hydrogen-bond acceptors (Lipinski definition) is 5. The third kappa shape index (κ3) is 4.42. The number of aliphatic imine (C=N–C) groups is 1. The van der Waals surface area contributed by atoms with E-state index in [4.69, 9.17) is 14.5 Å². The van der Waals surface area contributed by atoms with Crippen LogP contribution in [0.25, 0.3) is 11.1 Å². The topological polar surface area (TPSA) is 65.0 Å². The van der Waals surface area contributed by atoms with Gasteiger partial charge >= 0.3 is 5.97 Å². The van der Waals surface area contributed by atoms with Gasteiger partial charge in [0, 0.05) is 35.9 Å². The molecular weight excluding hydrogens is 414 g/mol. The maximum atomic E-state index is 13.3. The second-order valence-electron chi connectivity index (χ2n) is 9.10. The van der Waals surface area contributed by atoms with Crippen molar-refractivity contribution in [2.45, 2.75) is 51.0 Å². The highest BCUT2D eigenvalue weighted by Crippen LogP contribution is 2.44. The molecule has 2 aliphatic heterocycles. The Morgan fingerprint density at radius 1 is 1.03 bits per heavy atom. The molecule has 170 valence electrons. The molecule has 1 fully saturated rings. The van der Waals surface area contributed by atoms with Crippen molar-refractivity contribution in [1.82, 2.24) is 0 Å². The second kappa shape index (κ2) is 9.44. The Morgan fingerprint density at radius 2 is 1.79 bits per heavy atom. The summed E-state index contributed by atoms with van der Waals surface area (Å²) in [5.41, 5.74) is 5.43. The molecule has 2 aromatic carbocycles. The minimum absolute atomic E-state index is 0.0375. The number of esters is 1. The van der Waals surface area contributed by atoms with E-state index in [1.165, 1.54) is 0 Å². The zero-order valence-electron chi connectivity index (χ0n) is 19.0. The molecule has 1 aliphatic carbocycles. The molecule has 0 aromatic heterocycles. The zero-order chi connectivity index (χ0) is 22.8. The van der Waals surface area contributed by atoms with Crippen molar-refractivity contribution in [3.05, 3.63) is 71.4 Å². The Morgan fingerprint density at radius 3 is 2.52 bits per heavy atom. The summed E-state index contributed by atoms with van der Waals surface area (Å²) in [6.45, 7) is 2.85. The van der Waals surface area contributed by atoms with Crippen LogP contribution in [0, 0.1) is 5.92 Å². The van der Waals surface area contributed by atoms with Crippen molar-refractivity contribution in [2.75, 3.05) is 13.2 Å². The summed E-state index contributed by atoms with van der Waals surface area (Å²) >= 11 is 0. The highest BCUT2D eigenvalue weighted by molar-refractivity contribution is 6.08. The second-order valence-corrected chi connectivity index (χ2v) is 9.10. The average molecular weight is 444 g/mol. The smallest absolute Gasteiger partial charge is 0.315 e. The van der Waals surface area contributed by atoms with Gasteiger partial charge in [-0.25, -0.2) is 0 Å². The number of nitrogens with zero attached hydrogens (tertiary/aromatic N) is 1. The van der Waals surface area contributed by atoms with Crippen LogP contribution in [0.4, 0.5) is 0 Å². The van der Waals surface area contributed by atoms with Gasteiger partial charge in [0.15, 0.2) is 5.78 Å². The minimum Gasteiger partial charge on any atom is -0.462 e. The van der Waals surface area contributed by atoms with Gasteiger partial charge in [0.05, 0.1) is 6.10 Å². The van der Waals surface area contributed by atoms with E-state index in [2.05, 4.69) is 24.3 Å². The molecule has 0 spiro atoms. The Hall–Kier alpha value is -3.05. The number of ketones is 1. The fourth-order valence-electron chi connectivity index (χ4n) is 5.23. The molecule has 33 heavy (non-hydrogen) atoms. The maximum absolute atomic E-state index is 13.3. The van der Waals surface area contributed by atoms with Gasteiger partial charge in [-0.3, -0.25) is 14.6 Å². The number of carbonyl (C=O) groups is 2. The van der Waals surface area contributed by atoms with Crippen molar-refractivity contribution in [3.63, 3.8) is 0 Å². The van der Waals surface area contributed by atoms with E-state index < -0.39 is 5.92 Å². The van der Waals surface area contributed by atoms with Crippen LogP contribution in [0.5, 0.6) is 0 Å². The summed E-state index contributed by atoms with van der Waals surface area (Å²) < 4.78 is 11.3. The van der Waals surface area contributed by atoms with E-state index in [0.717, 1.165) is 53.8 Å². The predicted molar refractivity (Wildman–Crippen MR) is 127 cm³/mol. The Balaban J connectivity index is 1.48. The van der Waals surface area contributed by atoms with Gasteiger partial charge in [-0.15, -0.1) is 0 Å². The Bertz CT molecular complexity index is 1090. The fourth-order valence-corrected chi connectivity index (χ4v) is 5.23. The van der Waals surface area contributed by atoms with Crippen LogP contribution in [0.2, 0.25) is 0 Å². The summed E-state index contributed by atoms with van der Waals surface area (Å²) in [7, 11) is 0. The molecule has 3 aliphatic rings. The molecule has 0 radical (unpaired) electrons. The van der Waals surface area contributed by atoms with Crippen LogP contribution in [0.1, 0.15) is 50.5 Å². The number of hydrogen-bond donors (Lipinski definition) is 0. The van der Waals surface area contributed by atoms with Crippen molar-refractivity contribution in [2.24, 2.45) is 10.9 Å². The lowest BCUT2D eigenvalue weighted by atomic mass is 9.71. The molecule has 0 amide bonds. The van der Waals surface area contributed by atoms with Crippen LogP contribution in [0.3, 0.4) is 0 Å². The lowest BCUT2D eigenvalue weighted by Gasteiger charge is -2.34. The van der Waals surface area contributed by atoms with Crippen molar-refractivity contribution >= 4 is 17.5 Å². The number of ether oxygens (including phenoxy) is 2. The van der Waals surface area contributed by atoms with E-state index >= 15 is 0 Å². The van der Waals surface area contributed by atoms with Crippen LogP contribution in [-0.4, -0.2) is 36.8 Å². The summed E-state index contributed by atoms with van der Waals surface area (Å²) in [5, 5.41) is 0. The first kappa shape index (κ1) is 21.8. The Kier molecular flexibility index (Phi) is 6.23. The van der Waals surface area contributed by atoms with Gasteiger partial charge in [0.25, 0.3) is 0 Å². The fraction of sp³-hybridized carbons (Fsp3) is 0.393. The van der Waals surface area contributed by atoms with E-state index in [0.29, 0.717) is 18.6 Å². The van der Waals surface area contributed by atoms with Crippen molar-refractivity contribution < 1.29 is 19.1 Å². The van der Waals surface area contributed by atoms with E-state index in [1.807, 2.05) is 37.3 Å². The predicted octanol–water partition coefficient (Wildman–Crippen LogP) is 5.26. The monoisotopic (exact) mass is 443 g/mol. The Labute approximate surface area is 194 Å². The highest BCUT2D eigenvalue weighted by Gasteiger charge is 2.43. The molecule has 1 saturated heterocycles. The van der Waals surface area contributed by atoms with Gasteiger partial charge in [0.2, 0.25) is 0 Å². The van der Waals surface area contributed by atoms with Crippen LogP contribution >= 0.6 is 0 Å². The summed E-state index contributed by atoms with van der Waals surface area (Å²) in [6, 6.07) is 18.4. The zero-order valence-corrected chi connectivity index (χ0v) is 19.0. The first-order chi connectivity index (χ1) is 16.1. The number of carbonyl (C=O) groups excluding carboxylic acids is 2. The first-order valence-corrected chi connectivity index (χ1v) is 11.9. The third-order valence-electron chi connectivity index (χ3n) is 6.90. The van der Waals surface area contributed by atoms with Gasteiger partial charge in [-0.1, -0.05) is 54.6 Å². The number of benzene rings is 2. The molecule has 3 atom stereocenters. The van der Waals surface area contributed by atoms with Gasteiger partial charge in [-0.2, -0.15) is 0 Å². The molecular formula is C28H29NO4. The lowest BCUT2D eigenvalue weighted by molar-refractivity contribution is -0.149. The molecule has 0 bridgehead atoms. The SMILES string of the molecule is CC1=NC2=C(C(=O)CCC2)[C@@H](c2ccc(-c3ccccc3)cc2)C1C(=O)OC[C@H]1CCCO1. The van der Waals surface area contributed by atoms with Crippen LogP contribution in [0.15, 0.2) is 70.9 Å². The van der Waals surface area contributed by atoms with E-state index in [1.54, 1.807) is 0 Å². The van der Waals surface area contributed by atoms with Crippen LogP contribution < -0.4 is 0 Å². The molecule has 5 heteroatoms. The third-order valence-corrected chi connectivity index (χ3v) is 6.90. The number of allylic oxidation sites excluding steroid dienone is 2. The van der Waals surface area contributed by atoms with Crippen molar-refractivity contribution in [1.29, 1.82) is 0 Å². The van der Waals surface area contributed by atoms with Gasteiger partial charge in [0.1, 0.15) is 12.5 Å². The first-order valence-electron chi connectivity index (χ1n) is 11.9. The molecule has 0 saturated carbocycles. The summed E-state index contributed by atoms with van der Waals surface area (Å²) in [4.78, 5) is 31.1. The maximum Gasteiger partial charge on any atom is 0.315 e. The molecule has 2 aromatic rings.